The highest BCUT2D eigenvalue weighted by molar-refractivity contribution is 7.91. The zero-order valence-electron chi connectivity index (χ0n) is 10.0. The van der Waals surface area contributed by atoms with Gasteiger partial charge in [-0.3, -0.25) is 4.79 Å². The van der Waals surface area contributed by atoms with Gasteiger partial charge in [-0.1, -0.05) is 12.1 Å². The van der Waals surface area contributed by atoms with E-state index in [1.807, 2.05) is 0 Å². The highest BCUT2D eigenvalue weighted by Gasteiger charge is 2.45. The SMILES string of the molecule is O=C1CN(c2ccccc2F)[C@@H]2CS(=O)(=O)C[C@@H]2N1. The minimum absolute atomic E-state index is 0.0162. The van der Waals surface area contributed by atoms with Gasteiger partial charge >= 0.3 is 0 Å². The van der Waals surface area contributed by atoms with Gasteiger partial charge in [0.25, 0.3) is 0 Å². The molecule has 2 aliphatic rings. The van der Waals surface area contributed by atoms with Crippen molar-refractivity contribution < 1.29 is 17.6 Å². The van der Waals surface area contributed by atoms with E-state index in [0.29, 0.717) is 0 Å². The van der Waals surface area contributed by atoms with Crippen molar-refractivity contribution in [3.05, 3.63) is 30.1 Å². The lowest BCUT2D eigenvalue weighted by atomic mass is 10.1. The zero-order valence-corrected chi connectivity index (χ0v) is 10.9. The van der Waals surface area contributed by atoms with Gasteiger partial charge in [-0.2, -0.15) is 0 Å². The van der Waals surface area contributed by atoms with Gasteiger partial charge in [-0.05, 0) is 12.1 Å². The van der Waals surface area contributed by atoms with E-state index in [1.54, 1.807) is 23.1 Å². The third-order valence-corrected chi connectivity index (χ3v) is 5.26. The smallest absolute Gasteiger partial charge is 0.239 e. The summed E-state index contributed by atoms with van der Waals surface area (Å²) in [6.45, 7) is -0.0162. The number of rotatable bonds is 1. The number of piperazine rings is 1. The van der Waals surface area contributed by atoms with Crippen molar-refractivity contribution in [2.45, 2.75) is 12.1 Å². The number of hydrogen-bond donors (Lipinski definition) is 1. The molecule has 0 radical (unpaired) electrons. The minimum Gasteiger partial charge on any atom is -0.354 e. The molecule has 0 bridgehead atoms. The number of nitrogens with zero attached hydrogens (tertiary/aromatic N) is 1. The van der Waals surface area contributed by atoms with Crippen LogP contribution in [0.15, 0.2) is 24.3 Å². The average Bonchev–Trinajstić information content (AvgIpc) is 2.63. The molecule has 0 aliphatic carbocycles. The first-order valence-corrected chi connectivity index (χ1v) is 7.79. The molecule has 3 rings (SSSR count). The number of para-hydroxylation sites is 1. The molecule has 2 heterocycles. The molecule has 5 nitrogen and oxygen atoms in total. The maximum Gasteiger partial charge on any atom is 0.239 e. The van der Waals surface area contributed by atoms with Crippen LogP contribution in [0.4, 0.5) is 10.1 Å². The summed E-state index contributed by atoms with van der Waals surface area (Å²) in [5.41, 5.74) is 0.282. The van der Waals surface area contributed by atoms with E-state index in [1.165, 1.54) is 6.07 Å². The number of hydrogen-bond acceptors (Lipinski definition) is 4. The fourth-order valence-corrected chi connectivity index (χ4v) is 4.67. The molecule has 2 saturated heterocycles. The fraction of sp³-hybridized carbons (Fsp3) is 0.417. The molecule has 0 aromatic heterocycles. The van der Waals surface area contributed by atoms with Crippen LogP contribution in [0, 0.1) is 5.82 Å². The van der Waals surface area contributed by atoms with Crippen LogP contribution < -0.4 is 10.2 Å². The summed E-state index contributed by atoms with van der Waals surface area (Å²) in [5, 5.41) is 2.67. The van der Waals surface area contributed by atoms with Crippen LogP contribution in [0.25, 0.3) is 0 Å². The second-order valence-electron chi connectivity index (χ2n) is 4.90. The molecule has 2 fully saturated rings. The molecule has 1 aromatic rings. The van der Waals surface area contributed by atoms with E-state index in [0.717, 1.165) is 0 Å². The van der Waals surface area contributed by atoms with Crippen molar-refractivity contribution >= 4 is 21.4 Å². The Kier molecular flexibility index (Phi) is 2.74. The summed E-state index contributed by atoms with van der Waals surface area (Å²) in [4.78, 5) is 13.2. The third-order valence-electron chi connectivity index (χ3n) is 3.55. The summed E-state index contributed by atoms with van der Waals surface area (Å²) < 4.78 is 37.2. The third kappa shape index (κ3) is 2.18. The molecule has 2 atom stereocenters. The number of anilines is 1. The van der Waals surface area contributed by atoms with Crippen LogP contribution >= 0.6 is 0 Å². The van der Waals surface area contributed by atoms with Crippen LogP contribution in [0.2, 0.25) is 0 Å². The second-order valence-corrected chi connectivity index (χ2v) is 7.05. The average molecular weight is 284 g/mol. The van der Waals surface area contributed by atoms with E-state index in [4.69, 9.17) is 0 Å². The van der Waals surface area contributed by atoms with Crippen LogP contribution in [0.1, 0.15) is 0 Å². The van der Waals surface area contributed by atoms with E-state index in [-0.39, 0.29) is 35.7 Å². The Morgan fingerprint density at radius 1 is 1.26 bits per heavy atom. The Labute approximate surface area is 110 Å². The highest BCUT2D eigenvalue weighted by atomic mass is 32.2. The molecule has 0 saturated carbocycles. The quantitative estimate of drug-likeness (QED) is 0.784. The van der Waals surface area contributed by atoms with Crippen molar-refractivity contribution in [2.24, 2.45) is 0 Å². The number of fused-ring (bicyclic) bond motifs is 1. The van der Waals surface area contributed by atoms with Gasteiger partial charge in [0.15, 0.2) is 9.84 Å². The molecule has 19 heavy (non-hydrogen) atoms. The number of carbonyl (C=O) groups excluding carboxylic acids is 1. The Balaban J connectivity index is 2.01. The minimum atomic E-state index is -3.18. The second kappa shape index (κ2) is 4.19. The summed E-state index contributed by atoms with van der Waals surface area (Å²) >= 11 is 0. The molecule has 0 unspecified atom stereocenters. The van der Waals surface area contributed by atoms with Crippen molar-refractivity contribution in [3.8, 4) is 0 Å². The molecular formula is C12H13FN2O3S. The molecule has 1 N–H and O–H groups in total. The lowest BCUT2D eigenvalue weighted by Gasteiger charge is -2.38. The van der Waals surface area contributed by atoms with Crippen molar-refractivity contribution in [3.63, 3.8) is 0 Å². The van der Waals surface area contributed by atoms with Gasteiger partial charge in [0.2, 0.25) is 5.91 Å². The predicted molar refractivity (Wildman–Crippen MR) is 68.1 cm³/mol. The number of sulfone groups is 1. The van der Waals surface area contributed by atoms with Crippen LogP contribution in [-0.2, 0) is 14.6 Å². The van der Waals surface area contributed by atoms with Crippen LogP contribution in [0.3, 0.4) is 0 Å². The standard InChI is InChI=1S/C12H13FN2O3S/c13-8-3-1-2-4-10(8)15-5-12(16)14-9-6-19(17,18)7-11(9)15/h1-4,9,11H,5-7H2,(H,14,16)/t9-,11+/m0/s1. The molecule has 2 aliphatic heterocycles. The number of benzene rings is 1. The number of amides is 1. The summed E-state index contributed by atoms with van der Waals surface area (Å²) in [7, 11) is -3.18. The van der Waals surface area contributed by atoms with E-state index in [2.05, 4.69) is 5.32 Å². The molecule has 102 valence electrons. The number of nitrogens with one attached hydrogen (secondary N) is 1. The maximum absolute atomic E-state index is 13.8. The molecule has 1 amide bonds. The zero-order chi connectivity index (χ0) is 13.6. The first-order chi connectivity index (χ1) is 8.96. The lowest BCUT2D eigenvalue weighted by molar-refractivity contribution is -0.121. The van der Waals surface area contributed by atoms with Gasteiger partial charge < -0.3 is 10.2 Å². The van der Waals surface area contributed by atoms with Crippen LogP contribution in [-0.4, -0.2) is 44.5 Å². The molecular weight excluding hydrogens is 271 g/mol. The Bertz CT molecular complexity index is 632. The predicted octanol–water partition coefficient (Wildman–Crippen LogP) is -0.0725. The van der Waals surface area contributed by atoms with Gasteiger partial charge in [-0.15, -0.1) is 0 Å². The van der Waals surface area contributed by atoms with Gasteiger partial charge in [0.05, 0.1) is 35.8 Å². The Morgan fingerprint density at radius 2 is 2.00 bits per heavy atom. The van der Waals surface area contributed by atoms with Crippen LogP contribution in [0.5, 0.6) is 0 Å². The monoisotopic (exact) mass is 284 g/mol. The van der Waals surface area contributed by atoms with E-state index >= 15 is 0 Å². The van der Waals surface area contributed by atoms with Gasteiger partial charge in [0.1, 0.15) is 5.82 Å². The fourth-order valence-electron chi connectivity index (χ4n) is 2.75. The normalized spacial score (nSPS) is 28.9. The molecule has 1 aromatic carbocycles. The van der Waals surface area contributed by atoms with Gasteiger partial charge in [0, 0.05) is 0 Å². The Morgan fingerprint density at radius 3 is 2.74 bits per heavy atom. The van der Waals surface area contributed by atoms with E-state index in [9.17, 15) is 17.6 Å². The molecule has 7 heteroatoms. The number of carbonyl (C=O) groups is 1. The van der Waals surface area contributed by atoms with Crippen molar-refractivity contribution in [1.29, 1.82) is 0 Å². The van der Waals surface area contributed by atoms with Crippen molar-refractivity contribution in [2.75, 3.05) is 23.0 Å². The molecule has 0 spiro atoms. The Hall–Kier alpha value is -1.63. The highest BCUT2D eigenvalue weighted by Crippen LogP contribution is 2.28. The largest absolute Gasteiger partial charge is 0.354 e. The maximum atomic E-state index is 13.8. The summed E-state index contributed by atoms with van der Waals surface area (Å²) in [5.74, 6) is -0.845. The van der Waals surface area contributed by atoms with E-state index < -0.39 is 21.7 Å². The first-order valence-electron chi connectivity index (χ1n) is 5.97. The van der Waals surface area contributed by atoms with Gasteiger partial charge in [-0.25, -0.2) is 12.8 Å². The summed E-state index contributed by atoms with van der Waals surface area (Å²) in [6, 6.07) is 5.26. The lowest BCUT2D eigenvalue weighted by Crippen LogP contribution is -2.60. The number of halogens is 1. The van der Waals surface area contributed by atoms with Crippen molar-refractivity contribution in [1.82, 2.24) is 5.32 Å². The first kappa shape index (κ1) is 12.4. The topological polar surface area (TPSA) is 66.5 Å². The summed E-state index contributed by atoms with van der Waals surface area (Å²) in [6.07, 6.45) is 0.